The van der Waals surface area contributed by atoms with Crippen LogP contribution in [-0.4, -0.2) is 35.4 Å². The van der Waals surface area contributed by atoms with Gasteiger partial charge in [0.2, 0.25) is 0 Å². The first-order chi connectivity index (χ1) is 9.22. The molecule has 1 amide bonds. The summed E-state index contributed by atoms with van der Waals surface area (Å²) in [6.45, 7) is 4.58. The standard InChI is InChI=1S/C14H20ClN3O/c1-2-6-16-13-12(15)9-11(10-17-13)14(19)18-7-4-3-5-8-18/h9-10H,2-8H2,1H3,(H,16,17). The van der Waals surface area contributed by atoms with Crippen molar-refractivity contribution in [3.05, 3.63) is 22.8 Å². The molecule has 104 valence electrons. The molecule has 2 heterocycles. The maximum atomic E-state index is 12.3. The predicted molar refractivity (Wildman–Crippen MR) is 77.8 cm³/mol. The highest BCUT2D eigenvalue weighted by atomic mass is 35.5. The van der Waals surface area contributed by atoms with Crippen molar-refractivity contribution >= 4 is 23.3 Å². The van der Waals surface area contributed by atoms with Crippen LogP contribution >= 0.6 is 11.6 Å². The highest BCUT2D eigenvalue weighted by molar-refractivity contribution is 6.33. The van der Waals surface area contributed by atoms with Crippen molar-refractivity contribution in [1.29, 1.82) is 0 Å². The van der Waals surface area contributed by atoms with Gasteiger partial charge in [-0.15, -0.1) is 0 Å². The van der Waals surface area contributed by atoms with E-state index in [0.29, 0.717) is 16.4 Å². The van der Waals surface area contributed by atoms with Crippen molar-refractivity contribution in [3.63, 3.8) is 0 Å². The van der Waals surface area contributed by atoms with Gasteiger partial charge in [-0.25, -0.2) is 4.98 Å². The van der Waals surface area contributed by atoms with Crippen molar-refractivity contribution in [2.24, 2.45) is 0 Å². The minimum Gasteiger partial charge on any atom is -0.369 e. The monoisotopic (exact) mass is 281 g/mol. The van der Waals surface area contributed by atoms with Crippen LogP contribution in [0.2, 0.25) is 5.02 Å². The minimum absolute atomic E-state index is 0.0381. The molecule has 1 saturated heterocycles. The molecule has 1 aromatic rings. The first-order valence-electron chi connectivity index (χ1n) is 6.91. The number of carbonyl (C=O) groups is 1. The average molecular weight is 282 g/mol. The third kappa shape index (κ3) is 3.60. The third-order valence-corrected chi connectivity index (χ3v) is 3.56. The number of amides is 1. The lowest BCUT2D eigenvalue weighted by atomic mass is 10.1. The SMILES string of the molecule is CCCNc1ncc(C(=O)N2CCCCC2)cc1Cl. The Morgan fingerprint density at radius 1 is 1.42 bits per heavy atom. The quantitative estimate of drug-likeness (QED) is 0.922. The molecule has 1 aliphatic heterocycles. The van der Waals surface area contributed by atoms with E-state index in [2.05, 4.69) is 17.2 Å². The fourth-order valence-corrected chi connectivity index (χ4v) is 2.44. The summed E-state index contributed by atoms with van der Waals surface area (Å²) in [6, 6.07) is 1.71. The van der Waals surface area contributed by atoms with Gasteiger partial charge in [-0.3, -0.25) is 4.79 Å². The topological polar surface area (TPSA) is 45.2 Å². The molecule has 1 aliphatic rings. The first-order valence-corrected chi connectivity index (χ1v) is 7.29. The molecule has 2 rings (SSSR count). The van der Waals surface area contributed by atoms with Gasteiger partial charge in [-0.1, -0.05) is 18.5 Å². The fraction of sp³-hybridized carbons (Fsp3) is 0.571. The molecule has 0 spiro atoms. The van der Waals surface area contributed by atoms with E-state index < -0.39 is 0 Å². The lowest BCUT2D eigenvalue weighted by Gasteiger charge is -2.26. The number of halogens is 1. The zero-order chi connectivity index (χ0) is 13.7. The fourth-order valence-electron chi connectivity index (χ4n) is 2.21. The summed E-state index contributed by atoms with van der Waals surface area (Å²) < 4.78 is 0. The van der Waals surface area contributed by atoms with Crippen LogP contribution in [-0.2, 0) is 0 Å². The molecule has 5 heteroatoms. The Balaban J connectivity index is 2.07. The Hall–Kier alpha value is -1.29. The second-order valence-electron chi connectivity index (χ2n) is 4.83. The van der Waals surface area contributed by atoms with Crippen LogP contribution in [0, 0.1) is 0 Å². The number of hydrogen-bond donors (Lipinski definition) is 1. The molecule has 1 N–H and O–H groups in total. The van der Waals surface area contributed by atoms with Gasteiger partial charge in [0.25, 0.3) is 5.91 Å². The van der Waals surface area contributed by atoms with Crippen molar-refractivity contribution in [2.45, 2.75) is 32.6 Å². The van der Waals surface area contributed by atoms with Crippen LogP contribution in [0.4, 0.5) is 5.82 Å². The van der Waals surface area contributed by atoms with E-state index in [1.54, 1.807) is 12.3 Å². The van der Waals surface area contributed by atoms with Gasteiger partial charge in [0.15, 0.2) is 0 Å². The van der Waals surface area contributed by atoms with Crippen molar-refractivity contribution in [2.75, 3.05) is 25.0 Å². The van der Waals surface area contributed by atoms with Crippen molar-refractivity contribution in [3.8, 4) is 0 Å². The Labute approximate surface area is 119 Å². The molecule has 0 unspecified atom stereocenters. The van der Waals surface area contributed by atoms with Crippen LogP contribution in [0.3, 0.4) is 0 Å². The number of nitrogens with one attached hydrogen (secondary N) is 1. The second kappa shape index (κ2) is 6.75. The summed E-state index contributed by atoms with van der Waals surface area (Å²) in [4.78, 5) is 18.4. The number of piperidine rings is 1. The molecule has 0 bridgehead atoms. The Kier molecular flexibility index (Phi) is 5.02. The lowest BCUT2D eigenvalue weighted by Crippen LogP contribution is -2.35. The lowest BCUT2D eigenvalue weighted by molar-refractivity contribution is 0.0724. The number of carbonyl (C=O) groups excluding carboxylic acids is 1. The Morgan fingerprint density at radius 3 is 2.79 bits per heavy atom. The summed E-state index contributed by atoms with van der Waals surface area (Å²) in [5, 5.41) is 3.65. The van der Waals surface area contributed by atoms with Crippen molar-refractivity contribution < 1.29 is 4.79 Å². The predicted octanol–water partition coefficient (Wildman–Crippen LogP) is 3.18. The van der Waals surface area contributed by atoms with Gasteiger partial charge in [-0.05, 0) is 31.7 Å². The second-order valence-corrected chi connectivity index (χ2v) is 5.24. The molecule has 0 saturated carbocycles. The summed E-state index contributed by atoms with van der Waals surface area (Å²) in [5.74, 6) is 0.690. The number of hydrogen-bond acceptors (Lipinski definition) is 3. The summed E-state index contributed by atoms with van der Waals surface area (Å²) in [5.41, 5.74) is 0.578. The summed E-state index contributed by atoms with van der Waals surface area (Å²) in [7, 11) is 0. The molecule has 19 heavy (non-hydrogen) atoms. The largest absolute Gasteiger partial charge is 0.369 e. The van der Waals surface area contributed by atoms with E-state index in [-0.39, 0.29) is 5.91 Å². The molecule has 0 aromatic carbocycles. The van der Waals surface area contributed by atoms with E-state index in [9.17, 15) is 4.79 Å². The molecule has 0 radical (unpaired) electrons. The Morgan fingerprint density at radius 2 is 2.16 bits per heavy atom. The van der Waals surface area contributed by atoms with E-state index >= 15 is 0 Å². The number of rotatable bonds is 4. The number of anilines is 1. The zero-order valence-electron chi connectivity index (χ0n) is 11.3. The zero-order valence-corrected chi connectivity index (χ0v) is 12.0. The molecule has 1 fully saturated rings. The van der Waals surface area contributed by atoms with Gasteiger partial charge in [0.1, 0.15) is 5.82 Å². The molecule has 0 atom stereocenters. The highest BCUT2D eigenvalue weighted by Gasteiger charge is 2.19. The summed E-state index contributed by atoms with van der Waals surface area (Å²) >= 11 is 6.15. The van der Waals surface area contributed by atoms with Gasteiger partial charge in [0, 0.05) is 25.8 Å². The molecule has 1 aromatic heterocycles. The molecular weight excluding hydrogens is 262 g/mol. The van der Waals surface area contributed by atoms with Gasteiger partial charge in [-0.2, -0.15) is 0 Å². The van der Waals surface area contributed by atoms with Crippen molar-refractivity contribution in [1.82, 2.24) is 9.88 Å². The number of likely N-dealkylation sites (tertiary alicyclic amines) is 1. The van der Waals surface area contributed by atoms with Gasteiger partial charge >= 0.3 is 0 Å². The molecular formula is C14H20ClN3O. The first kappa shape index (κ1) is 14.1. The maximum absolute atomic E-state index is 12.3. The molecule has 0 aliphatic carbocycles. The van der Waals surface area contributed by atoms with Crippen LogP contribution in [0.5, 0.6) is 0 Å². The average Bonchev–Trinajstić information content (AvgIpc) is 2.46. The molecule has 4 nitrogen and oxygen atoms in total. The number of pyridine rings is 1. The third-order valence-electron chi connectivity index (χ3n) is 3.27. The van der Waals surface area contributed by atoms with E-state index in [1.807, 2.05) is 4.90 Å². The smallest absolute Gasteiger partial charge is 0.255 e. The number of aromatic nitrogens is 1. The van der Waals surface area contributed by atoms with E-state index in [0.717, 1.165) is 38.9 Å². The van der Waals surface area contributed by atoms with Crippen LogP contribution in [0.15, 0.2) is 12.3 Å². The normalized spacial score (nSPS) is 15.4. The highest BCUT2D eigenvalue weighted by Crippen LogP contribution is 2.21. The number of nitrogens with zero attached hydrogens (tertiary/aromatic N) is 2. The summed E-state index contributed by atoms with van der Waals surface area (Å²) in [6.07, 6.45) is 6.00. The Bertz CT molecular complexity index is 444. The van der Waals surface area contributed by atoms with Crippen LogP contribution < -0.4 is 5.32 Å². The van der Waals surface area contributed by atoms with E-state index in [4.69, 9.17) is 11.6 Å². The van der Waals surface area contributed by atoms with E-state index in [1.165, 1.54) is 6.42 Å². The van der Waals surface area contributed by atoms with Gasteiger partial charge in [0.05, 0.1) is 10.6 Å². The van der Waals surface area contributed by atoms with Crippen LogP contribution in [0.1, 0.15) is 43.0 Å². The minimum atomic E-state index is 0.0381. The van der Waals surface area contributed by atoms with Crippen LogP contribution in [0.25, 0.3) is 0 Å². The van der Waals surface area contributed by atoms with Gasteiger partial charge < -0.3 is 10.2 Å². The maximum Gasteiger partial charge on any atom is 0.255 e.